The largest absolute Gasteiger partial charge is 0.478 e. The Morgan fingerprint density at radius 3 is 2.64 bits per heavy atom. The SMILES string of the molecule is O=C(O)c1ccccc1Nc1cc(NC2CCCC2)ncn1. The molecule has 1 fully saturated rings. The molecule has 0 bridgehead atoms. The molecular weight excluding hydrogens is 280 g/mol. The second-order valence-corrected chi connectivity index (χ2v) is 5.39. The molecule has 3 N–H and O–H groups in total. The van der Waals surface area contributed by atoms with E-state index in [1.807, 2.05) is 0 Å². The lowest BCUT2D eigenvalue weighted by atomic mass is 10.2. The van der Waals surface area contributed by atoms with Crippen LogP contribution in [0.3, 0.4) is 0 Å². The van der Waals surface area contributed by atoms with Crippen molar-refractivity contribution in [3.05, 3.63) is 42.2 Å². The third kappa shape index (κ3) is 3.33. The molecule has 2 aromatic rings. The molecule has 6 nitrogen and oxygen atoms in total. The second-order valence-electron chi connectivity index (χ2n) is 5.39. The summed E-state index contributed by atoms with van der Waals surface area (Å²) < 4.78 is 0. The van der Waals surface area contributed by atoms with Crippen molar-refractivity contribution < 1.29 is 9.90 Å². The molecule has 0 atom stereocenters. The van der Waals surface area contributed by atoms with Gasteiger partial charge in [0.05, 0.1) is 11.3 Å². The number of hydrogen-bond acceptors (Lipinski definition) is 5. The van der Waals surface area contributed by atoms with Crippen molar-refractivity contribution in [2.75, 3.05) is 10.6 Å². The fourth-order valence-electron chi connectivity index (χ4n) is 2.70. The summed E-state index contributed by atoms with van der Waals surface area (Å²) in [7, 11) is 0. The highest BCUT2D eigenvalue weighted by atomic mass is 16.4. The summed E-state index contributed by atoms with van der Waals surface area (Å²) in [4.78, 5) is 19.6. The zero-order valence-corrected chi connectivity index (χ0v) is 12.1. The van der Waals surface area contributed by atoms with Gasteiger partial charge in [-0.15, -0.1) is 0 Å². The average molecular weight is 298 g/mol. The first-order valence-corrected chi connectivity index (χ1v) is 7.40. The second kappa shape index (κ2) is 6.43. The lowest BCUT2D eigenvalue weighted by Crippen LogP contribution is -2.15. The van der Waals surface area contributed by atoms with Crippen molar-refractivity contribution in [2.24, 2.45) is 0 Å². The van der Waals surface area contributed by atoms with Crippen LogP contribution < -0.4 is 10.6 Å². The Bertz CT molecular complexity index is 669. The van der Waals surface area contributed by atoms with Crippen molar-refractivity contribution in [3.8, 4) is 0 Å². The summed E-state index contributed by atoms with van der Waals surface area (Å²) in [5, 5.41) is 15.6. The Kier molecular flexibility index (Phi) is 4.18. The number of benzene rings is 1. The monoisotopic (exact) mass is 298 g/mol. The summed E-state index contributed by atoms with van der Waals surface area (Å²) >= 11 is 0. The van der Waals surface area contributed by atoms with Gasteiger partial charge in [-0.25, -0.2) is 14.8 Å². The lowest BCUT2D eigenvalue weighted by molar-refractivity contribution is 0.0698. The van der Waals surface area contributed by atoms with Crippen molar-refractivity contribution in [2.45, 2.75) is 31.7 Å². The van der Waals surface area contributed by atoms with Crippen molar-refractivity contribution in [1.29, 1.82) is 0 Å². The third-order valence-electron chi connectivity index (χ3n) is 3.79. The molecular formula is C16H18N4O2. The van der Waals surface area contributed by atoms with E-state index in [9.17, 15) is 9.90 Å². The molecule has 3 rings (SSSR count). The number of para-hydroxylation sites is 1. The lowest BCUT2D eigenvalue weighted by Gasteiger charge is -2.14. The smallest absolute Gasteiger partial charge is 0.337 e. The third-order valence-corrected chi connectivity index (χ3v) is 3.79. The first-order valence-electron chi connectivity index (χ1n) is 7.40. The van der Waals surface area contributed by atoms with Crippen molar-refractivity contribution in [1.82, 2.24) is 9.97 Å². The highest BCUT2D eigenvalue weighted by Gasteiger charge is 2.15. The zero-order valence-electron chi connectivity index (χ0n) is 12.1. The molecule has 0 radical (unpaired) electrons. The first-order chi connectivity index (χ1) is 10.7. The van der Waals surface area contributed by atoms with E-state index >= 15 is 0 Å². The topological polar surface area (TPSA) is 87.1 Å². The molecule has 0 aliphatic heterocycles. The Hall–Kier alpha value is -2.63. The van der Waals surface area contributed by atoms with Crippen molar-refractivity contribution in [3.63, 3.8) is 0 Å². The van der Waals surface area contributed by atoms with E-state index in [1.54, 1.807) is 30.3 Å². The summed E-state index contributed by atoms with van der Waals surface area (Å²) in [6, 6.07) is 9.03. The number of nitrogens with one attached hydrogen (secondary N) is 2. The normalized spacial score (nSPS) is 14.7. The number of anilines is 3. The molecule has 114 valence electrons. The predicted molar refractivity (Wildman–Crippen MR) is 84.6 cm³/mol. The van der Waals surface area contributed by atoms with E-state index in [0.717, 1.165) is 18.7 Å². The molecule has 1 aromatic carbocycles. The maximum Gasteiger partial charge on any atom is 0.337 e. The van der Waals surface area contributed by atoms with Crippen LogP contribution in [0.25, 0.3) is 0 Å². The molecule has 6 heteroatoms. The van der Waals surface area contributed by atoms with Gasteiger partial charge in [0.15, 0.2) is 0 Å². The number of rotatable bonds is 5. The Morgan fingerprint density at radius 1 is 1.14 bits per heavy atom. The van der Waals surface area contributed by atoms with Gasteiger partial charge in [0.1, 0.15) is 18.0 Å². The molecule has 1 aliphatic carbocycles. The predicted octanol–water partition coefficient (Wildman–Crippen LogP) is 3.27. The van der Waals surface area contributed by atoms with Gasteiger partial charge in [-0.3, -0.25) is 0 Å². The average Bonchev–Trinajstić information content (AvgIpc) is 3.01. The van der Waals surface area contributed by atoms with Crippen LogP contribution in [0.1, 0.15) is 36.0 Å². The van der Waals surface area contributed by atoms with Gasteiger partial charge in [-0.2, -0.15) is 0 Å². The number of hydrogen-bond donors (Lipinski definition) is 3. The van der Waals surface area contributed by atoms with E-state index in [-0.39, 0.29) is 5.56 Å². The van der Waals surface area contributed by atoms with Gasteiger partial charge >= 0.3 is 5.97 Å². The molecule has 22 heavy (non-hydrogen) atoms. The molecule has 0 spiro atoms. The van der Waals surface area contributed by atoms with E-state index in [0.29, 0.717) is 17.5 Å². The van der Waals surface area contributed by atoms with Crippen LogP contribution in [0.4, 0.5) is 17.3 Å². The van der Waals surface area contributed by atoms with E-state index < -0.39 is 5.97 Å². The van der Waals surface area contributed by atoms with Crippen LogP contribution in [0.15, 0.2) is 36.7 Å². The number of aromatic carboxylic acids is 1. The number of carbonyl (C=O) groups is 1. The van der Waals surface area contributed by atoms with Crippen LogP contribution >= 0.6 is 0 Å². The minimum atomic E-state index is -0.971. The summed E-state index contributed by atoms with van der Waals surface area (Å²) in [6.45, 7) is 0. The van der Waals surface area contributed by atoms with E-state index in [1.165, 1.54) is 19.2 Å². The van der Waals surface area contributed by atoms with Gasteiger partial charge in [0.25, 0.3) is 0 Å². The number of carboxylic acids is 1. The quantitative estimate of drug-likeness (QED) is 0.785. The van der Waals surface area contributed by atoms with E-state index in [4.69, 9.17) is 0 Å². The van der Waals surface area contributed by atoms with Gasteiger partial charge in [0, 0.05) is 12.1 Å². The van der Waals surface area contributed by atoms with Crippen LogP contribution in [-0.2, 0) is 0 Å². The molecule has 0 saturated heterocycles. The minimum Gasteiger partial charge on any atom is -0.478 e. The molecule has 1 aliphatic rings. The first kappa shape index (κ1) is 14.3. The maximum absolute atomic E-state index is 11.2. The molecule has 1 saturated carbocycles. The van der Waals surface area contributed by atoms with Crippen LogP contribution in [0, 0.1) is 0 Å². The molecule has 0 unspecified atom stereocenters. The summed E-state index contributed by atoms with van der Waals surface area (Å²) in [6.07, 6.45) is 6.30. The standard InChI is InChI=1S/C16H18N4O2/c21-16(22)12-7-3-4-8-13(12)20-15-9-14(17-10-18-15)19-11-5-1-2-6-11/h3-4,7-11H,1-2,5-6H2,(H,21,22)(H2,17,18,19,20). The molecule has 0 amide bonds. The fourth-order valence-corrected chi connectivity index (χ4v) is 2.70. The Labute approximate surface area is 128 Å². The number of carboxylic acid groups (broad SMARTS) is 1. The maximum atomic E-state index is 11.2. The van der Waals surface area contributed by atoms with E-state index in [2.05, 4.69) is 20.6 Å². The minimum absolute atomic E-state index is 0.214. The fraction of sp³-hybridized carbons (Fsp3) is 0.312. The zero-order chi connectivity index (χ0) is 15.4. The van der Waals surface area contributed by atoms with Gasteiger partial charge in [0.2, 0.25) is 0 Å². The summed E-state index contributed by atoms with van der Waals surface area (Å²) in [5.41, 5.74) is 0.729. The van der Waals surface area contributed by atoms with Crippen LogP contribution in [0.2, 0.25) is 0 Å². The van der Waals surface area contributed by atoms with Gasteiger partial charge in [-0.05, 0) is 25.0 Å². The molecule has 1 aromatic heterocycles. The van der Waals surface area contributed by atoms with Gasteiger partial charge < -0.3 is 15.7 Å². The number of aromatic nitrogens is 2. The van der Waals surface area contributed by atoms with Gasteiger partial charge in [-0.1, -0.05) is 25.0 Å². The van der Waals surface area contributed by atoms with Crippen LogP contribution in [-0.4, -0.2) is 27.1 Å². The Morgan fingerprint density at radius 2 is 1.86 bits per heavy atom. The number of nitrogens with zero attached hydrogens (tertiary/aromatic N) is 2. The summed E-state index contributed by atoms with van der Waals surface area (Å²) in [5.74, 6) is 0.364. The van der Waals surface area contributed by atoms with Crippen LogP contribution in [0.5, 0.6) is 0 Å². The Balaban J connectivity index is 1.76. The highest BCUT2D eigenvalue weighted by Crippen LogP contribution is 2.24. The molecule has 1 heterocycles. The van der Waals surface area contributed by atoms with Crippen molar-refractivity contribution >= 4 is 23.3 Å². The highest BCUT2D eigenvalue weighted by molar-refractivity contribution is 5.95.